The summed E-state index contributed by atoms with van der Waals surface area (Å²) in [6, 6.07) is 0. The van der Waals surface area contributed by atoms with Gasteiger partial charge in [-0.3, -0.25) is 24.0 Å². The Hall–Kier alpha value is -1.81. The molecule has 4 N–H and O–H groups in total. The maximum Gasteiger partial charge on any atom is 0.240 e. The third-order valence-corrected chi connectivity index (χ3v) is 3.39. The Morgan fingerprint density at radius 2 is 1.23 bits per heavy atom. The van der Waals surface area contributed by atoms with Crippen molar-refractivity contribution in [2.75, 3.05) is 0 Å². The maximum absolute atomic E-state index is 11.8. The van der Waals surface area contributed by atoms with Crippen LogP contribution in [0.5, 0.6) is 0 Å². The highest BCUT2D eigenvalue weighted by molar-refractivity contribution is 6.45. The predicted octanol–water partition coefficient (Wildman–Crippen LogP) is -2.90. The molecule has 0 heterocycles. The van der Waals surface area contributed by atoms with Crippen LogP contribution < -0.4 is 0 Å². The van der Waals surface area contributed by atoms with E-state index in [0.29, 0.717) is 20.8 Å². The molecular formula is C13H18O9. The Morgan fingerprint density at radius 3 is 1.45 bits per heavy atom. The number of rotatable bonds is 8. The van der Waals surface area contributed by atoms with E-state index in [1.54, 1.807) is 0 Å². The summed E-state index contributed by atoms with van der Waals surface area (Å²) in [6.45, 7) is 2.68. The first-order chi connectivity index (χ1) is 9.76. The van der Waals surface area contributed by atoms with Crippen molar-refractivity contribution < 1.29 is 44.4 Å². The van der Waals surface area contributed by atoms with Crippen molar-refractivity contribution in [2.45, 2.75) is 51.1 Å². The lowest BCUT2D eigenvalue weighted by atomic mass is 9.69. The Morgan fingerprint density at radius 1 is 0.818 bits per heavy atom. The van der Waals surface area contributed by atoms with Crippen molar-refractivity contribution in [1.82, 2.24) is 0 Å². The molecule has 0 aliphatic carbocycles. The van der Waals surface area contributed by atoms with Crippen LogP contribution in [0.1, 0.15) is 27.7 Å². The van der Waals surface area contributed by atoms with Crippen molar-refractivity contribution in [1.29, 1.82) is 0 Å². The van der Waals surface area contributed by atoms with Gasteiger partial charge in [0.05, 0.1) is 0 Å². The quantitative estimate of drug-likeness (QED) is 0.271. The zero-order chi connectivity index (χ0) is 18.0. The number of aliphatic hydroxyl groups is 4. The molecule has 9 heteroatoms. The van der Waals surface area contributed by atoms with Gasteiger partial charge in [-0.15, -0.1) is 0 Å². The fraction of sp³-hybridized carbons (Fsp3) is 0.615. The summed E-state index contributed by atoms with van der Waals surface area (Å²) in [6.07, 6.45) is -5.08. The van der Waals surface area contributed by atoms with Gasteiger partial charge in [0.2, 0.25) is 11.4 Å². The summed E-state index contributed by atoms with van der Waals surface area (Å²) in [7, 11) is 0. The van der Waals surface area contributed by atoms with Gasteiger partial charge in [0, 0.05) is 6.92 Å². The average Bonchev–Trinajstić information content (AvgIpc) is 2.41. The summed E-state index contributed by atoms with van der Waals surface area (Å²) >= 11 is 0. The van der Waals surface area contributed by atoms with Gasteiger partial charge in [0.1, 0.15) is 12.2 Å². The largest absolute Gasteiger partial charge is 0.386 e. The highest BCUT2D eigenvalue weighted by Gasteiger charge is 2.67. The minimum atomic E-state index is -3.64. The molecule has 0 aromatic carbocycles. The van der Waals surface area contributed by atoms with E-state index in [4.69, 9.17) is 0 Å². The number of ketones is 5. The van der Waals surface area contributed by atoms with Gasteiger partial charge in [0.25, 0.3) is 0 Å². The Kier molecular flexibility index (Phi) is 5.99. The standard InChI is InChI=1S/C13H18O9/c1-5(14)9(18)11(20)13(22,8(4)17)12(21,7(3)16)10(19)6(2)15/h9,11,18,20-22H,1-4H3. The first kappa shape index (κ1) is 20.2. The van der Waals surface area contributed by atoms with E-state index in [1.807, 2.05) is 0 Å². The molecule has 0 aliphatic heterocycles. The Bertz CT molecular complexity index is 538. The second-order valence-corrected chi connectivity index (χ2v) is 4.97. The number of hydrogen-bond acceptors (Lipinski definition) is 9. The smallest absolute Gasteiger partial charge is 0.240 e. The molecule has 0 aromatic rings. The first-order valence-electron chi connectivity index (χ1n) is 6.14. The lowest BCUT2D eigenvalue weighted by molar-refractivity contribution is -0.214. The highest BCUT2D eigenvalue weighted by Crippen LogP contribution is 2.32. The molecule has 0 rings (SSSR count). The molecule has 124 valence electrons. The molecule has 0 aliphatic rings. The molecule has 9 nitrogen and oxygen atoms in total. The minimum absolute atomic E-state index is 0.599. The fourth-order valence-corrected chi connectivity index (χ4v) is 1.98. The molecule has 0 amide bonds. The van der Waals surface area contributed by atoms with Gasteiger partial charge in [-0.05, 0) is 20.8 Å². The van der Waals surface area contributed by atoms with Gasteiger partial charge in [0.15, 0.2) is 28.7 Å². The van der Waals surface area contributed by atoms with E-state index in [9.17, 15) is 44.4 Å². The molecule has 0 bridgehead atoms. The molecule has 0 fully saturated rings. The van der Waals surface area contributed by atoms with Crippen LogP contribution in [0, 0.1) is 0 Å². The first-order valence-corrected chi connectivity index (χ1v) is 6.14. The van der Waals surface area contributed by atoms with E-state index in [0.717, 1.165) is 6.92 Å². The lowest BCUT2D eigenvalue weighted by Gasteiger charge is -2.42. The van der Waals surface area contributed by atoms with Crippen molar-refractivity contribution in [3.8, 4) is 0 Å². The monoisotopic (exact) mass is 318 g/mol. The fourth-order valence-electron chi connectivity index (χ4n) is 1.98. The second-order valence-electron chi connectivity index (χ2n) is 4.97. The van der Waals surface area contributed by atoms with Gasteiger partial charge < -0.3 is 20.4 Å². The SMILES string of the molecule is CC(=O)C(=O)C(O)(C(C)=O)C(O)(C(C)=O)C(O)C(O)C(C)=O. The van der Waals surface area contributed by atoms with Crippen LogP contribution in [0.15, 0.2) is 0 Å². The van der Waals surface area contributed by atoms with E-state index in [1.165, 1.54) is 0 Å². The van der Waals surface area contributed by atoms with E-state index in [-0.39, 0.29) is 0 Å². The van der Waals surface area contributed by atoms with Crippen LogP contribution in [0.4, 0.5) is 0 Å². The summed E-state index contributed by atoms with van der Waals surface area (Å²) in [4.78, 5) is 57.5. The molecule has 0 spiro atoms. The zero-order valence-corrected chi connectivity index (χ0v) is 12.5. The number of carbonyl (C=O) groups excluding carboxylic acids is 5. The summed E-state index contributed by atoms with van der Waals surface area (Å²) in [5.41, 5.74) is -7.22. The second kappa shape index (κ2) is 6.53. The molecule has 4 unspecified atom stereocenters. The molecule has 0 saturated carbocycles. The molecule has 0 aromatic heterocycles. The van der Waals surface area contributed by atoms with Gasteiger partial charge in [-0.1, -0.05) is 0 Å². The number of aliphatic hydroxyl groups excluding tert-OH is 2. The Balaban J connectivity index is 6.48. The van der Waals surface area contributed by atoms with Gasteiger partial charge >= 0.3 is 0 Å². The van der Waals surface area contributed by atoms with Crippen LogP contribution in [0.2, 0.25) is 0 Å². The highest BCUT2D eigenvalue weighted by atomic mass is 16.4. The molecule has 0 saturated heterocycles. The molecule has 4 atom stereocenters. The topological polar surface area (TPSA) is 166 Å². The van der Waals surface area contributed by atoms with E-state index < -0.39 is 52.3 Å². The normalized spacial score (nSPS) is 19.3. The van der Waals surface area contributed by atoms with Crippen molar-refractivity contribution in [3.63, 3.8) is 0 Å². The molecule has 0 radical (unpaired) electrons. The predicted molar refractivity (Wildman–Crippen MR) is 69.6 cm³/mol. The van der Waals surface area contributed by atoms with E-state index >= 15 is 0 Å². The third-order valence-electron chi connectivity index (χ3n) is 3.39. The lowest BCUT2D eigenvalue weighted by Crippen LogP contribution is -2.74. The van der Waals surface area contributed by atoms with Crippen molar-refractivity contribution in [3.05, 3.63) is 0 Å². The van der Waals surface area contributed by atoms with Gasteiger partial charge in [-0.2, -0.15) is 0 Å². The van der Waals surface area contributed by atoms with Crippen LogP contribution in [0.25, 0.3) is 0 Å². The average molecular weight is 318 g/mol. The van der Waals surface area contributed by atoms with Crippen LogP contribution in [-0.2, 0) is 24.0 Å². The Labute approximate surface area is 125 Å². The van der Waals surface area contributed by atoms with E-state index in [2.05, 4.69) is 0 Å². The van der Waals surface area contributed by atoms with Crippen LogP contribution in [0.3, 0.4) is 0 Å². The van der Waals surface area contributed by atoms with Crippen LogP contribution >= 0.6 is 0 Å². The van der Waals surface area contributed by atoms with Crippen LogP contribution in [-0.4, -0.2) is 72.8 Å². The van der Waals surface area contributed by atoms with Crippen molar-refractivity contribution in [2.24, 2.45) is 0 Å². The van der Waals surface area contributed by atoms with Crippen molar-refractivity contribution >= 4 is 28.9 Å². The zero-order valence-electron chi connectivity index (χ0n) is 12.5. The minimum Gasteiger partial charge on any atom is -0.386 e. The molecular weight excluding hydrogens is 300 g/mol. The third kappa shape index (κ3) is 2.88. The summed E-state index contributed by atoms with van der Waals surface area (Å²) < 4.78 is 0. The maximum atomic E-state index is 11.8. The van der Waals surface area contributed by atoms with Gasteiger partial charge in [-0.25, -0.2) is 0 Å². The summed E-state index contributed by atoms with van der Waals surface area (Å²) in [5, 5.41) is 40.0. The number of Topliss-reactive ketones (excluding diaryl/α,β-unsaturated/α-hetero) is 5. The molecule has 22 heavy (non-hydrogen) atoms. The number of hydrogen-bond donors (Lipinski definition) is 4. The number of carbonyl (C=O) groups is 5. The summed E-state index contributed by atoms with van der Waals surface area (Å²) in [5.74, 6) is -7.34.